The minimum Gasteiger partial charge on any atom is -0.495 e. The molecular formula is C20H22Cl2N2O5S. The second kappa shape index (κ2) is 9.43. The van der Waals surface area contributed by atoms with Crippen molar-refractivity contribution < 1.29 is 22.7 Å². The number of hydrogen-bond acceptors (Lipinski definition) is 5. The minimum absolute atomic E-state index is 0.0185. The third-order valence-corrected chi connectivity index (χ3v) is 7.27. The van der Waals surface area contributed by atoms with Gasteiger partial charge in [0.1, 0.15) is 16.4 Å². The molecule has 1 N–H and O–H groups in total. The molecule has 10 heteroatoms. The lowest BCUT2D eigenvalue weighted by molar-refractivity contribution is -0.120. The predicted molar refractivity (Wildman–Crippen MR) is 116 cm³/mol. The van der Waals surface area contributed by atoms with Gasteiger partial charge < -0.3 is 14.8 Å². The van der Waals surface area contributed by atoms with Crippen molar-refractivity contribution in [2.75, 3.05) is 32.6 Å². The summed E-state index contributed by atoms with van der Waals surface area (Å²) in [7, 11) is -1.000. The Morgan fingerprint density at radius 3 is 2.37 bits per heavy atom. The Hall–Kier alpha value is -2.00. The molecule has 0 spiro atoms. The minimum atomic E-state index is -3.89. The van der Waals surface area contributed by atoms with E-state index < -0.39 is 15.9 Å². The van der Waals surface area contributed by atoms with Gasteiger partial charge in [0.25, 0.3) is 0 Å². The van der Waals surface area contributed by atoms with E-state index in [1.165, 1.54) is 30.7 Å². The van der Waals surface area contributed by atoms with Crippen LogP contribution in [0.15, 0.2) is 41.3 Å². The summed E-state index contributed by atoms with van der Waals surface area (Å²) in [6.07, 6.45) is 1.11. The summed E-state index contributed by atoms with van der Waals surface area (Å²) in [5.41, 5.74) is 0.437. The summed E-state index contributed by atoms with van der Waals surface area (Å²) >= 11 is 12.0. The number of piperidine rings is 1. The van der Waals surface area contributed by atoms with Crippen LogP contribution in [0.2, 0.25) is 10.0 Å². The Morgan fingerprint density at radius 2 is 1.70 bits per heavy atom. The molecule has 1 atom stereocenters. The van der Waals surface area contributed by atoms with Crippen LogP contribution >= 0.6 is 23.2 Å². The zero-order chi connectivity index (χ0) is 21.9. The maximum atomic E-state index is 13.2. The number of nitrogens with zero attached hydrogens (tertiary/aromatic N) is 1. The van der Waals surface area contributed by atoms with E-state index in [-0.39, 0.29) is 28.1 Å². The quantitative estimate of drug-likeness (QED) is 0.685. The molecule has 0 unspecified atom stereocenters. The van der Waals surface area contributed by atoms with Crippen molar-refractivity contribution in [1.82, 2.24) is 4.31 Å². The number of ether oxygens (including phenoxy) is 2. The highest BCUT2D eigenvalue weighted by Gasteiger charge is 2.35. The number of benzene rings is 2. The maximum Gasteiger partial charge on any atom is 0.246 e. The molecule has 1 heterocycles. The molecule has 1 fully saturated rings. The van der Waals surface area contributed by atoms with Gasteiger partial charge in [-0.05, 0) is 49.2 Å². The number of sulfonamides is 1. The molecule has 3 rings (SSSR count). The number of amides is 1. The van der Waals surface area contributed by atoms with Crippen LogP contribution in [0.5, 0.6) is 11.5 Å². The van der Waals surface area contributed by atoms with Crippen LogP contribution in [-0.2, 0) is 14.8 Å². The van der Waals surface area contributed by atoms with Gasteiger partial charge in [0.05, 0.1) is 25.8 Å². The number of nitrogens with one attached hydrogen (secondary N) is 1. The van der Waals surface area contributed by atoms with E-state index in [1.807, 2.05) is 0 Å². The fraction of sp³-hybridized carbons (Fsp3) is 0.350. The van der Waals surface area contributed by atoms with E-state index in [2.05, 4.69) is 5.32 Å². The number of methoxy groups -OCH3 is 2. The first-order valence-corrected chi connectivity index (χ1v) is 11.4. The fourth-order valence-corrected chi connectivity index (χ4v) is 5.49. The standard InChI is InChI=1S/C20H22Cl2N2O5S/c1-28-17-7-5-14(21)10-16(17)23-20(25)13-4-3-9-24(12-13)30(26,27)19-11-15(22)6-8-18(19)29-2/h5-8,10-11,13H,3-4,9,12H2,1-2H3,(H,23,25)/t13-/m0/s1. The van der Waals surface area contributed by atoms with Gasteiger partial charge in [-0.2, -0.15) is 4.31 Å². The van der Waals surface area contributed by atoms with E-state index >= 15 is 0 Å². The molecule has 1 aliphatic rings. The molecule has 0 aliphatic carbocycles. The Bertz CT molecular complexity index is 1050. The van der Waals surface area contributed by atoms with Crippen molar-refractivity contribution in [2.24, 2.45) is 5.92 Å². The lowest BCUT2D eigenvalue weighted by Gasteiger charge is -2.31. The van der Waals surface area contributed by atoms with Crippen LogP contribution in [0.3, 0.4) is 0 Å². The van der Waals surface area contributed by atoms with Crippen molar-refractivity contribution in [3.8, 4) is 11.5 Å². The molecule has 2 aromatic carbocycles. The third kappa shape index (κ3) is 4.83. The summed E-state index contributed by atoms with van der Waals surface area (Å²) in [6.45, 7) is 0.356. The topological polar surface area (TPSA) is 84.9 Å². The SMILES string of the molecule is COc1ccc(Cl)cc1NC(=O)[C@H]1CCCN(S(=O)(=O)c2cc(Cl)ccc2OC)C1. The molecule has 0 radical (unpaired) electrons. The largest absolute Gasteiger partial charge is 0.495 e. The normalized spacial score (nSPS) is 17.4. The van der Waals surface area contributed by atoms with E-state index in [0.29, 0.717) is 35.8 Å². The van der Waals surface area contributed by atoms with Crippen molar-refractivity contribution in [2.45, 2.75) is 17.7 Å². The molecule has 1 amide bonds. The zero-order valence-corrected chi connectivity index (χ0v) is 18.9. The van der Waals surface area contributed by atoms with Gasteiger partial charge in [0.15, 0.2) is 0 Å². The lowest BCUT2D eigenvalue weighted by Crippen LogP contribution is -2.43. The van der Waals surface area contributed by atoms with E-state index in [4.69, 9.17) is 32.7 Å². The number of anilines is 1. The van der Waals surface area contributed by atoms with Crippen molar-refractivity contribution in [3.05, 3.63) is 46.4 Å². The summed E-state index contributed by atoms with van der Waals surface area (Å²) in [5.74, 6) is -0.151. The summed E-state index contributed by atoms with van der Waals surface area (Å²) in [6, 6.07) is 9.33. The second-order valence-corrected chi connectivity index (χ2v) is 9.61. The van der Waals surface area contributed by atoms with Gasteiger partial charge in [-0.1, -0.05) is 23.2 Å². The van der Waals surface area contributed by atoms with Crippen molar-refractivity contribution in [1.29, 1.82) is 0 Å². The molecule has 2 aromatic rings. The molecule has 0 saturated carbocycles. The Kier molecular flexibility index (Phi) is 7.13. The highest BCUT2D eigenvalue weighted by atomic mass is 35.5. The molecule has 162 valence electrons. The average Bonchev–Trinajstić information content (AvgIpc) is 2.74. The number of carbonyl (C=O) groups is 1. The fourth-order valence-electron chi connectivity index (χ4n) is 3.38. The summed E-state index contributed by atoms with van der Waals surface area (Å²) < 4.78 is 38.2. The van der Waals surface area contributed by atoms with Crippen LogP contribution < -0.4 is 14.8 Å². The highest BCUT2D eigenvalue weighted by Crippen LogP contribution is 2.33. The average molecular weight is 473 g/mol. The van der Waals surface area contributed by atoms with E-state index in [0.717, 1.165) is 0 Å². The first kappa shape index (κ1) is 22.7. The first-order chi connectivity index (χ1) is 14.3. The molecule has 30 heavy (non-hydrogen) atoms. The predicted octanol–water partition coefficient (Wildman–Crippen LogP) is 4.05. The monoisotopic (exact) mass is 472 g/mol. The van der Waals surface area contributed by atoms with Crippen molar-refractivity contribution in [3.63, 3.8) is 0 Å². The smallest absolute Gasteiger partial charge is 0.246 e. The maximum absolute atomic E-state index is 13.2. The lowest BCUT2D eigenvalue weighted by atomic mass is 9.98. The number of rotatable bonds is 6. The van der Waals surface area contributed by atoms with Gasteiger partial charge in [-0.15, -0.1) is 0 Å². The number of halogens is 2. The van der Waals surface area contributed by atoms with Crippen LogP contribution in [0.25, 0.3) is 0 Å². The molecule has 7 nitrogen and oxygen atoms in total. The van der Waals surface area contributed by atoms with Gasteiger partial charge in [-0.25, -0.2) is 8.42 Å². The number of hydrogen-bond donors (Lipinski definition) is 1. The zero-order valence-electron chi connectivity index (χ0n) is 16.5. The van der Waals surface area contributed by atoms with Crippen LogP contribution in [-0.4, -0.2) is 45.9 Å². The van der Waals surface area contributed by atoms with Crippen molar-refractivity contribution >= 4 is 44.8 Å². The van der Waals surface area contributed by atoms with Crippen LogP contribution in [0.4, 0.5) is 5.69 Å². The molecule has 1 aliphatic heterocycles. The van der Waals surface area contributed by atoms with Gasteiger partial charge in [0.2, 0.25) is 15.9 Å². The molecule has 0 bridgehead atoms. The molecule has 0 aromatic heterocycles. The third-order valence-electron chi connectivity index (χ3n) is 4.92. The Labute approximate surface area is 185 Å². The van der Waals surface area contributed by atoms with E-state index in [9.17, 15) is 13.2 Å². The molecule has 1 saturated heterocycles. The van der Waals surface area contributed by atoms with Gasteiger partial charge in [0, 0.05) is 23.1 Å². The number of carbonyl (C=O) groups excluding carboxylic acids is 1. The Morgan fingerprint density at radius 1 is 1.07 bits per heavy atom. The summed E-state index contributed by atoms with van der Waals surface area (Å²) in [4.78, 5) is 12.8. The second-order valence-electron chi connectivity index (χ2n) is 6.83. The highest BCUT2D eigenvalue weighted by molar-refractivity contribution is 7.89. The van der Waals surface area contributed by atoms with Crippen LogP contribution in [0, 0.1) is 5.92 Å². The van der Waals surface area contributed by atoms with Crippen LogP contribution in [0.1, 0.15) is 12.8 Å². The first-order valence-electron chi connectivity index (χ1n) is 9.24. The van der Waals surface area contributed by atoms with E-state index in [1.54, 1.807) is 24.3 Å². The van der Waals surface area contributed by atoms with Gasteiger partial charge >= 0.3 is 0 Å². The van der Waals surface area contributed by atoms with Gasteiger partial charge in [-0.3, -0.25) is 4.79 Å². The molecular weight excluding hydrogens is 451 g/mol. The Balaban J connectivity index is 1.81. The summed E-state index contributed by atoms with van der Waals surface area (Å²) in [5, 5.41) is 3.54.